The fourth-order valence-electron chi connectivity index (χ4n) is 0. The van der Waals surface area contributed by atoms with E-state index in [4.69, 9.17) is 3.67 Å². The minimum absolute atomic E-state index is 0. The summed E-state index contributed by atoms with van der Waals surface area (Å²) in [6.45, 7) is 5.00. The molecule has 0 spiro atoms. The van der Waals surface area contributed by atoms with E-state index in [0.717, 1.165) is 17.4 Å². The standard InChI is InChI=1S/C2H5.CH3.O.V/c1-2;;;/h1H2,2H3;1H3;;/q2*-1;;+2. The average molecular weight is 111 g/mol. The first-order chi connectivity index (χ1) is 2.00. The quantitative estimate of drug-likeness (QED) is 0.429. The SMILES string of the molecule is [CH2-]C.[CH3-].[O]=[V+2]. The van der Waals surface area contributed by atoms with Crippen molar-refractivity contribution < 1.29 is 21.0 Å². The van der Waals surface area contributed by atoms with Gasteiger partial charge in [0.2, 0.25) is 0 Å². The summed E-state index contributed by atoms with van der Waals surface area (Å²) in [7, 11) is 0. The predicted molar refractivity (Wildman–Crippen MR) is 18.1 cm³/mol. The third kappa shape index (κ3) is 169. The molecule has 0 heterocycles. The maximum atomic E-state index is 8.19. The Morgan fingerprint density at radius 3 is 1.40 bits per heavy atom. The van der Waals surface area contributed by atoms with Crippen LogP contribution in [0, 0.1) is 14.4 Å². The van der Waals surface area contributed by atoms with E-state index in [1.165, 1.54) is 0 Å². The van der Waals surface area contributed by atoms with Gasteiger partial charge in [-0.1, -0.05) is 0 Å². The summed E-state index contributed by atoms with van der Waals surface area (Å²) in [6.07, 6.45) is 0. The average Bonchev–Trinajstić information content (AvgIpc) is 1.50. The molecule has 0 aliphatic heterocycles. The zero-order chi connectivity index (χ0) is 4.00. The van der Waals surface area contributed by atoms with Crippen LogP contribution in [0.25, 0.3) is 0 Å². The van der Waals surface area contributed by atoms with Crippen molar-refractivity contribution >= 4 is 0 Å². The van der Waals surface area contributed by atoms with Crippen LogP contribution in [-0.2, 0) is 21.0 Å². The Kier molecular flexibility index (Phi) is 1240. The van der Waals surface area contributed by atoms with Gasteiger partial charge in [0.1, 0.15) is 0 Å². The number of rotatable bonds is 0. The normalized spacial score (nSPS) is 2.40. The van der Waals surface area contributed by atoms with E-state index in [0.29, 0.717) is 0 Å². The second kappa shape index (κ2) is 340. The van der Waals surface area contributed by atoms with Gasteiger partial charge in [-0.15, -0.1) is 0 Å². The first kappa shape index (κ1) is 18.2. The van der Waals surface area contributed by atoms with Crippen LogP contribution in [0.5, 0.6) is 0 Å². The van der Waals surface area contributed by atoms with Crippen molar-refractivity contribution in [1.82, 2.24) is 0 Å². The second-order valence-corrected chi connectivity index (χ2v) is 0. The third-order valence-corrected chi connectivity index (χ3v) is 0. The van der Waals surface area contributed by atoms with Crippen molar-refractivity contribution in [2.45, 2.75) is 6.92 Å². The molecule has 0 aliphatic rings. The minimum atomic E-state index is 0. The summed E-state index contributed by atoms with van der Waals surface area (Å²) in [5.41, 5.74) is 0. The van der Waals surface area contributed by atoms with Crippen LogP contribution in [0.2, 0.25) is 0 Å². The molecule has 5 heavy (non-hydrogen) atoms. The Labute approximate surface area is 43.0 Å². The van der Waals surface area contributed by atoms with Crippen LogP contribution in [0.15, 0.2) is 0 Å². The Hall–Kier alpha value is 0.384. The van der Waals surface area contributed by atoms with E-state index >= 15 is 0 Å². The van der Waals surface area contributed by atoms with Gasteiger partial charge in [-0.3, -0.25) is 0 Å². The van der Waals surface area contributed by atoms with Crippen LogP contribution in [0.1, 0.15) is 6.92 Å². The summed E-state index contributed by atoms with van der Waals surface area (Å²) in [5, 5.41) is 0. The van der Waals surface area contributed by atoms with Crippen LogP contribution in [-0.4, -0.2) is 0 Å². The molecule has 0 radical (unpaired) electrons. The van der Waals surface area contributed by atoms with Crippen molar-refractivity contribution in [3.8, 4) is 0 Å². The topological polar surface area (TPSA) is 17.1 Å². The van der Waals surface area contributed by atoms with E-state index in [1.54, 1.807) is 6.92 Å². The summed E-state index contributed by atoms with van der Waals surface area (Å²) < 4.78 is 8.19. The van der Waals surface area contributed by atoms with E-state index in [2.05, 4.69) is 6.92 Å². The van der Waals surface area contributed by atoms with Gasteiger partial charge in [-0.05, 0) is 0 Å². The van der Waals surface area contributed by atoms with E-state index < -0.39 is 0 Å². The molecule has 0 aromatic rings. The van der Waals surface area contributed by atoms with Crippen molar-refractivity contribution in [2.75, 3.05) is 0 Å². The van der Waals surface area contributed by atoms with Crippen LogP contribution in [0.4, 0.5) is 0 Å². The Morgan fingerprint density at radius 2 is 1.40 bits per heavy atom. The molecule has 0 aromatic heterocycles. The fraction of sp³-hybridized carbons (Fsp3) is 0.333. The van der Waals surface area contributed by atoms with Gasteiger partial charge in [-0.25, -0.2) is 0 Å². The van der Waals surface area contributed by atoms with Crippen LogP contribution < -0.4 is 0 Å². The number of hydrogen-bond donors (Lipinski definition) is 0. The summed E-state index contributed by atoms with van der Waals surface area (Å²) in [6, 6.07) is 0. The summed E-state index contributed by atoms with van der Waals surface area (Å²) in [4.78, 5) is 0. The maximum absolute atomic E-state index is 8.19. The third-order valence-electron chi connectivity index (χ3n) is 0. The second-order valence-electron chi connectivity index (χ2n) is 0. The van der Waals surface area contributed by atoms with E-state index in [1.807, 2.05) is 0 Å². The molecule has 0 unspecified atom stereocenters. The molecular formula is C3H8OV. The van der Waals surface area contributed by atoms with Crippen LogP contribution >= 0.6 is 0 Å². The first-order valence-corrected chi connectivity index (χ1v) is 1.46. The first-order valence-electron chi connectivity index (χ1n) is 0.890. The van der Waals surface area contributed by atoms with Gasteiger partial charge < -0.3 is 14.4 Å². The zero-order valence-electron chi connectivity index (χ0n) is 3.56. The van der Waals surface area contributed by atoms with Gasteiger partial charge in [0.25, 0.3) is 0 Å². The van der Waals surface area contributed by atoms with Crippen molar-refractivity contribution in [3.63, 3.8) is 0 Å². The Morgan fingerprint density at radius 1 is 1.40 bits per heavy atom. The van der Waals surface area contributed by atoms with Gasteiger partial charge in [-0.2, -0.15) is 6.92 Å². The van der Waals surface area contributed by atoms with Crippen molar-refractivity contribution in [3.05, 3.63) is 14.4 Å². The van der Waals surface area contributed by atoms with Gasteiger partial charge in [0.05, 0.1) is 0 Å². The molecule has 0 saturated heterocycles. The zero-order valence-corrected chi connectivity index (χ0v) is 4.96. The molecule has 0 fully saturated rings. The molecule has 0 aromatic carbocycles. The van der Waals surface area contributed by atoms with Crippen molar-refractivity contribution in [1.29, 1.82) is 0 Å². The molecule has 0 aliphatic carbocycles. The van der Waals surface area contributed by atoms with Gasteiger partial charge in [0, 0.05) is 0 Å². The molecule has 0 bridgehead atoms. The van der Waals surface area contributed by atoms with E-state index in [9.17, 15) is 0 Å². The number of hydrogen-bond acceptors (Lipinski definition) is 1. The van der Waals surface area contributed by atoms with Crippen LogP contribution in [0.3, 0.4) is 0 Å². The van der Waals surface area contributed by atoms with Gasteiger partial charge >= 0.3 is 21.0 Å². The fourth-order valence-corrected chi connectivity index (χ4v) is 0. The summed E-state index contributed by atoms with van der Waals surface area (Å²) in [5.74, 6) is 0. The molecule has 0 amide bonds. The molecule has 0 saturated carbocycles. The Balaban J connectivity index is -0.0000000133. The summed E-state index contributed by atoms with van der Waals surface area (Å²) >= 11 is 1.06. The molecule has 0 N–H and O–H groups in total. The molecule has 2 heteroatoms. The Bertz CT molecular complexity index is 6.85. The molecule has 0 atom stereocenters. The molecule has 31 valence electrons. The molecule has 0 rings (SSSR count). The predicted octanol–water partition coefficient (Wildman–Crippen LogP) is 1.17. The van der Waals surface area contributed by atoms with Gasteiger partial charge in [0.15, 0.2) is 0 Å². The molecular weight excluding hydrogens is 103 g/mol. The van der Waals surface area contributed by atoms with E-state index in [-0.39, 0.29) is 7.43 Å². The monoisotopic (exact) mass is 111 g/mol. The molecule has 1 nitrogen and oxygen atoms in total. The van der Waals surface area contributed by atoms with Crippen molar-refractivity contribution in [2.24, 2.45) is 0 Å².